The van der Waals surface area contributed by atoms with Crippen LogP contribution in [0, 0.1) is 0 Å². The van der Waals surface area contributed by atoms with Crippen LogP contribution in [0.1, 0.15) is 342 Å². The predicted octanol–water partition coefficient (Wildman–Crippen LogP) is 24.6. The first-order chi connectivity index (χ1) is 41.0. The second kappa shape index (κ2) is 70.6. The van der Waals surface area contributed by atoms with Crippen molar-refractivity contribution in [2.45, 2.75) is 348 Å². The van der Waals surface area contributed by atoms with E-state index >= 15 is 0 Å². The van der Waals surface area contributed by atoms with Gasteiger partial charge in [0, 0.05) is 19.3 Å². The van der Waals surface area contributed by atoms with Crippen LogP contribution in [0.25, 0.3) is 0 Å². The molecule has 0 saturated carbocycles. The number of carbonyl (C=O) groups is 3. The molecule has 0 fully saturated rings. The lowest BCUT2D eigenvalue weighted by Crippen LogP contribution is -2.30. The Labute approximate surface area is 514 Å². The number of ether oxygens (including phenoxy) is 3. The Hall–Kier alpha value is -3.93. The van der Waals surface area contributed by atoms with E-state index in [1.807, 2.05) is 0 Å². The van der Waals surface area contributed by atoms with E-state index in [1.54, 1.807) is 0 Å². The van der Waals surface area contributed by atoms with Gasteiger partial charge in [-0.3, -0.25) is 14.4 Å². The highest BCUT2D eigenvalue weighted by atomic mass is 16.6. The minimum absolute atomic E-state index is 0.0933. The molecule has 0 aliphatic carbocycles. The maximum absolute atomic E-state index is 12.9. The van der Waals surface area contributed by atoms with E-state index < -0.39 is 6.10 Å². The molecule has 476 valence electrons. The fourth-order valence-electron chi connectivity index (χ4n) is 10.0. The molecule has 0 heterocycles. The minimum Gasteiger partial charge on any atom is -0.462 e. The molecule has 1 atom stereocenters. The van der Waals surface area contributed by atoms with Gasteiger partial charge in [-0.25, -0.2) is 0 Å². The summed E-state index contributed by atoms with van der Waals surface area (Å²) in [5.41, 5.74) is 0. The third-order valence-electron chi connectivity index (χ3n) is 15.3. The highest BCUT2D eigenvalue weighted by Gasteiger charge is 2.19. The largest absolute Gasteiger partial charge is 0.462 e. The molecule has 0 rings (SSSR count). The van der Waals surface area contributed by atoms with Crippen LogP contribution in [0.5, 0.6) is 0 Å². The Bertz CT molecular complexity index is 1660. The van der Waals surface area contributed by atoms with Crippen LogP contribution in [0.3, 0.4) is 0 Å². The van der Waals surface area contributed by atoms with E-state index in [9.17, 15) is 14.4 Å². The molecule has 0 spiro atoms. The van der Waals surface area contributed by atoms with Gasteiger partial charge >= 0.3 is 17.9 Å². The number of hydrogen-bond donors (Lipinski definition) is 0. The zero-order chi connectivity index (χ0) is 59.9. The Morgan fingerprint density at radius 2 is 0.470 bits per heavy atom. The summed E-state index contributed by atoms with van der Waals surface area (Å²) in [5, 5.41) is 0. The highest BCUT2D eigenvalue weighted by Crippen LogP contribution is 2.18. The number of carbonyl (C=O) groups excluding carboxylic acids is 3. The number of unbranched alkanes of at least 4 members (excludes halogenated alkanes) is 35. The third kappa shape index (κ3) is 68.7. The lowest BCUT2D eigenvalue weighted by molar-refractivity contribution is -0.167. The van der Waals surface area contributed by atoms with Gasteiger partial charge in [0.25, 0.3) is 0 Å². The van der Waals surface area contributed by atoms with Crippen molar-refractivity contribution in [1.82, 2.24) is 0 Å². The maximum Gasteiger partial charge on any atom is 0.306 e. The zero-order valence-electron chi connectivity index (χ0n) is 54.7. The molecule has 0 aliphatic rings. The molecule has 0 saturated heterocycles. The van der Waals surface area contributed by atoms with E-state index in [-0.39, 0.29) is 37.5 Å². The van der Waals surface area contributed by atoms with Gasteiger partial charge < -0.3 is 14.2 Å². The van der Waals surface area contributed by atoms with Gasteiger partial charge in [0.2, 0.25) is 0 Å². The van der Waals surface area contributed by atoms with Crippen molar-refractivity contribution in [3.8, 4) is 0 Å². The smallest absolute Gasteiger partial charge is 0.306 e. The van der Waals surface area contributed by atoms with Crippen LogP contribution >= 0.6 is 0 Å². The first kappa shape index (κ1) is 79.1. The Balaban J connectivity index is 4.21. The van der Waals surface area contributed by atoms with Gasteiger partial charge in [-0.2, -0.15) is 0 Å². The van der Waals surface area contributed by atoms with Gasteiger partial charge in [0.1, 0.15) is 13.2 Å². The standard InChI is InChI=1S/C77H132O6/c1-4-7-10-13-16-19-21-23-25-27-29-31-33-35-37-39-41-42-44-46-48-50-52-54-56-58-61-64-67-70-76(79)82-73-74(72-81-75(78)69-66-63-60-18-15-12-9-6-3)83-77(80)71-68-65-62-59-57-55-53-51-49-47-45-43-40-38-36-34-32-30-28-26-24-22-20-17-14-11-8-5-2/h7,10,16,19,23,25,29,31,35,37,41-42,46,48,52,54,58,61,74H,4-6,8-9,11-15,17-18,20-22,24,26-28,30,32-34,36,38-40,43-45,47,49-51,53,55-57,59-60,62-73H2,1-3H3/b10-7-,19-16-,25-23-,31-29-,37-35-,42-41-,48-46-,54-52-,61-58-. The van der Waals surface area contributed by atoms with Gasteiger partial charge in [-0.15, -0.1) is 0 Å². The number of hydrogen-bond acceptors (Lipinski definition) is 6. The van der Waals surface area contributed by atoms with E-state index in [4.69, 9.17) is 14.2 Å². The van der Waals surface area contributed by atoms with Gasteiger partial charge in [0.15, 0.2) is 6.10 Å². The summed E-state index contributed by atoms with van der Waals surface area (Å²) < 4.78 is 16.8. The Kier molecular flexibility index (Phi) is 67.2. The summed E-state index contributed by atoms with van der Waals surface area (Å²) in [6, 6.07) is 0. The fraction of sp³-hybridized carbons (Fsp3) is 0.727. The summed E-state index contributed by atoms with van der Waals surface area (Å²) in [7, 11) is 0. The number of allylic oxidation sites excluding steroid dienone is 18. The first-order valence-electron chi connectivity index (χ1n) is 35.4. The van der Waals surface area contributed by atoms with Gasteiger partial charge in [-0.05, 0) is 83.5 Å². The molecule has 1 unspecified atom stereocenters. The lowest BCUT2D eigenvalue weighted by atomic mass is 10.0. The molecule has 6 nitrogen and oxygen atoms in total. The van der Waals surface area contributed by atoms with Crippen molar-refractivity contribution >= 4 is 17.9 Å². The fourth-order valence-corrected chi connectivity index (χ4v) is 10.0. The van der Waals surface area contributed by atoms with Crippen molar-refractivity contribution in [3.05, 3.63) is 109 Å². The molecular weight excluding hydrogens is 1020 g/mol. The molecular formula is C77H132O6. The molecule has 0 amide bonds. The monoisotopic (exact) mass is 1150 g/mol. The SMILES string of the molecule is CC/C=C\C/C=C\C/C=C\C/C=C\C/C=C\C/C=C\C/C=C\C/C=C\C/C=C\CCCC(=O)OCC(COC(=O)CCCCCCCCCC)OC(=O)CCCCCCCCCCCCCCCCCCCCCCCCCCCCCC. The summed E-state index contributed by atoms with van der Waals surface area (Å²) in [6.45, 7) is 6.49. The van der Waals surface area contributed by atoms with Crippen molar-refractivity contribution in [1.29, 1.82) is 0 Å². The Morgan fingerprint density at radius 3 is 0.735 bits per heavy atom. The molecule has 0 N–H and O–H groups in total. The van der Waals surface area contributed by atoms with Gasteiger partial charge in [0.05, 0.1) is 0 Å². The molecule has 0 bridgehead atoms. The Morgan fingerprint density at radius 1 is 0.253 bits per heavy atom. The molecule has 0 aromatic heterocycles. The van der Waals surface area contributed by atoms with Crippen LogP contribution in [-0.4, -0.2) is 37.2 Å². The summed E-state index contributed by atoms with van der Waals surface area (Å²) in [5.74, 6) is -0.948. The highest BCUT2D eigenvalue weighted by molar-refractivity contribution is 5.71. The van der Waals surface area contributed by atoms with E-state index in [0.717, 1.165) is 103 Å². The lowest BCUT2D eigenvalue weighted by Gasteiger charge is -2.18. The summed E-state index contributed by atoms with van der Waals surface area (Å²) >= 11 is 0. The normalized spacial score (nSPS) is 12.8. The maximum atomic E-state index is 12.9. The van der Waals surface area contributed by atoms with E-state index in [1.165, 1.54) is 193 Å². The molecule has 0 aliphatic heterocycles. The molecule has 83 heavy (non-hydrogen) atoms. The summed E-state index contributed by atoms with van der Waals surface area (Å²) in [6.07, 6.45) is 97.2. The van der Waals surface area contributed by atoms with Crippen LogP contribution < -0.4 is 0 Å². The number of esters is 3. The average molecular weight is 1150 g/mol. The van der Waals surface area contributed by atoms with Crippen molar-refractivity contribution in [2.24, 2.45) is 0 Å². The van der Waals surface area contributed by atoms with Crippen molar-refractivity contribution in [2.75, 3.05) is 13.2 Å². The predicted molar refractivity (Wildman–Crippen MR) is 362 cm³/mol. The van der Waals surface area contributed by atoms with Crippen LogP contribution in [-0.2, 0) is 28.6 Å². The molecule has 0 radical (unpaired) electrons. The number of rotatable bonds is 64. The summed E-state index contributed by atoms with van der Waals surface area (Å²) in [4.78, 5) is 38.2. The second-order valence-corrected chi connectivity index (χ2v) is 23.4. The third-order valence-corrected chi connectivity index (χ3v) is 15.3. The van der Waals surface area contributed by atoms with Crippen LogP contribution in [0.2, 0.25) is 0 Å². The molecule has 0 aromatic carbocycles. The van der Waals surface area contributed by atoms with E-state index in [2.05, 4.69) is 130 Å². The molecule has 6 heteroatoms. The first-order valence-corrected chi connectivity index (χ1v) is 35.4. The zero-order valence-corrected chi connectivity index (χ0v) is 54.7. The minimum atomic E-state index is -0.800. The van der Waals surface area contributed by atoms with Crippen molar-refractivity contribution in [3.63, 3.8) is 0 Å². The van der Waals surface area contributed by atoms with Crippen LogP contribution in [0.4, 0.5) is 0 Å². The van der Waals surface area contributed by atoms with Crippen molar-refractivity contribution < 1.29 is 28.6 Å². The quantitative estimate of drug-likeness (QED) is 0.0261. The molecule has 0 aromatic rings. The van der Waals surface area contributed by atoms with E-state index in [0.29, 0.717) is 19.3 Å². The van der Waals surface area contributed by atoms with Crippen LogP contribution in [0.15, 0.2) is 109 Å². The van der Waals surface area contributed by atoms with Gasteiger partial charge in [-0.1, -0.05) is 348 Å². The average Bonchev–Trinajstić information content (AvgIpc) is 3.49. The topological polar surface area (TPSA) is 78.9 Å². The second-order valence-electron chi connectivity index (χ2n) is 23.4.